The van der Waals surface area contributed by atoms with E-state index in [1.54, 1.807) is 62.8 Å². The smallest absolute Gasteiger partial charge is 0.336 e. The number of aldehydes is 1. The van der Waals surface area contributed by atoms with Gasteiger partial charge in [-0.25, -0.2) is 4.79 Å². The molecule has 0 saturated carbocycles. The Morgan fingerprint density at radius 1 is 0.913 bits per heavy atom. The van der Waals surface area contributed by atoms with Gasteiger partial charge in [-0.2, -0.15) is 0 Å². The molecule has 0 spiro atoms. The summed E-state index contributed by atoms with van der Waals surface area (Å²) in [6.45, 7) is 0. The van der Waals surface area contributed by atoms with Crippen LogP contribution in [0.3, 0.4) is 0 Å². The van der Waals surface area contributed by atoms with Crippen LogP contribution in [0.5, 0.6) is 17.2 Å². The van der Waals surface area contributed by atoms with Gasteiger partial charge in [0.1, 0.15) is 12.0 Å². The van der Waals surface area contributed by atoms with E-state index in [0.29, 0.717) is 22.8 Å². The fourth-order valence-electron chi connectivity index (χ4n) is 1.89. The number of carbonyl (C=O) groups excluding carboxylic acids is 2. The molecule has 0 unspecified atom stereocenters. The molecule has 0 aromatic heterocycles. The number of benzene rings is 2. The second kappa shape index (κ2) is 7.79. The molecular formula is C18H16O5. The number of rotatable bonds is 6. The van der Waals surface area contributed by atoms with Gasteiger partial charge in [0.05, 0.1) is 14.2 Å². The summed E-state index contributed by atoms with van der Waals surface area (Å²) < 4.78 is 15.5. The van der Waals surface area contributed by atoms with Crippen molar-refractivity contribution in [3.05, 3.63) is 59.7 Å². The third-order valence-corrected chi connectivity index (χ3v) is 3.05. The zero-order chi connectivity index (χ0) is 16.7. The molecule has 0 atom stereocenters. The standard InChI is InChI=1S/C18H16O5/c1-21-16-9-5-13(11-17(16)22-2)6-10-18(20)23-15-7-3-14(12-19)4-8-15/h3-12H,1-2H3/b10-6+. The van der Waals surface area contributed by atoms with Crippen LogP contribution < -0.4 is 14.2 Å². The lowest BCUT2D eigenvalue weighted by Crippen LogP contribution is -2.03. The third-order valence-electron chi connectivity index (χ3n) is 3.05. The van der Waals surface area contributed by atoms with Crippen molar-refractivity contribution in [2.75, 3.05) is 14.2 Å². The highest BCUT2D eigenvalue weighted by Gasteiger charge is 2.04. The minimum Gasteiger partial charge on any atom is -0.493 e. The predicted octanol–water partition coefficient (Wildman–Crippen LogP) is 3.14. The van der Waals surface area contributed by atoms with Gasteiger partial charge in [0.15, 0.2) is 11.5 Å². The molecule has 0 aliphatic carbocycles. The van der Waals surface area contributed by atoms with E-state index >= 15 is 0 Å². The van der Waals surface area contributed by atoms with Crippen LogP contribution >= 0.6 is 0 Å². The quantitative estimate of drug-likeness (QED) is 0.355. The maximum absolute atomic E-state index is 11.8. The van der Waals surface area contributed by atoms with Gasteiger partial charge in [0.2, 0.25) is 0 Å². The topological polar surface area (TPSA) is 61.8 Å². The van der Waals surface area contributed by atoms with Crippen LogP contribution in [0, 0.1) is 0 Å². The summed E-state index contributed by atoms with van der Waals surface area (Å²) >= 11 is 0. The van der Waals surface area contributed by atoms with Crippen LogP contribution in [-0.4, -0.2) is 26.5 Å². The Morgan fingerprint density at radius 3 is 2.17 bits per heavy atom. The van der Waals surface area contributed by atoms with Crippen molar-refractivity contribution in [2.24, 2.45) is 0 Å². The van der Waals surface area contributed by atoms with E-state index < -0.39 is 5.97 Å². The Labute approximate surface area is 134 Å². The average Bonchev–Trinajstić information content (AvgIpc) is 2.60. The maximum Gasteiger partial charge on any atom is 0.336 e. The lowest BCUT2D eigenvalue weighted by atomic mass is 10.2. The molecule has 0 amide bonds. The molecule has 0 aliphatic heterocycles. The minimum absolute atomic E-state index is 0.373. The number of methoxy groups -OCH3 is 2. The molecule has 2 aromatic carbocycles. The van der Waals surface area contributed by atoms with Gasteiger partial charge in [0, 0.05) is 11.6 Å². The van der Waals surface area contributed by atoms with Crippen LogP contribution in [0.4, 0.5) is 0 Å². The predicted molar refractivity (Wildman–Crippen MR) is 86.0 cm³/mol. The van der Waals surface area contributed by atoms with Gasteiger partial charge in [-0.1, -0.05) is 6.07 Å². The minimum atomic E-state index is -0.515. The highest BCUT2D eigenvalue weighted by Crippen LogP contribution is 2.27. The Kier molecular flexibility index (Phi) is 5.52. The average molecular weight is 312 g/mol. The molecule has 0 saturated heterocycles. The van der Waals surface area contributed by atoms with Crippen molar-refractivity contribution in [2.45, 2.75) is 0 Å². The molecule has 23 heavy (non-hydrogen) atoms. The molecule has 0 aliphatic rings. The molecule has 118 valence electrons. The summed E-state index contributed by atoms with van der Waals surface area (Å²) in [5, 5.41) is 0. The van der Waals surface area contributed by atoms with E-state index in [1.807, 2.05) is 0 Å². The Bertz CT molecular complexity index is 717. The van der Waals surface area contributed by atoms with Gasteiger partial charge >= 0.3 is 5.97 Å². The summed E-state index contributed by atoms with van der Waals surface area (Å²) in [5.74, 6) is 1.05. The zero-order valence-electron chi connectivity index (χ0n) is 12.8. The lowest BCUT2D eigenvalue weighted by molar-refractivity contribution is -0.128. The molecule has 0 bridgehead atoms. The molecule has 5 nitrogen and oxygen atoms in total. The maximum atomic E-state index is 11.8. The highest BCUT2D eigenvalue weighted by atomic mass is 16.5. The van der Waals surface area contributed by atoms with Gasteiger partial charge in [-0.05, 0) is 48.0 Å². The van der Waals surface area contributed by atoms with Crippen LogP contribution in [-0.2, 0) is 4.79 Å². The van der Waals surface area contributed by atoms with E-state index in [-0.39, 0.29) is 0 Å². The van der Waals surface area contributed by atoms with Crippen LogP contribution in [0.25, 0.3) is 6.08 Å². The summed E-state index contributed by atoms with van der Waals surface area (Å²) in [4.78, 5) is 22.3. The Balaban J connectivity index is 2.04. The number of esters is 1. The first-order valence-corrected chi connectivity index (χ1v) is 6.83. The first-order valence-electron chi connectivity index (χ1n) is 6.83. The van der Waals surface area contributed by atoms with Gasteiger partial charge in [-0.3, -0.25) is 4.79 Å². The molecule has 0 fully saturated rings. The van der Waals surface area contributed by atoms with Gasteiger partial charge in [-0.15, -0.1) is 0 Å². The molecule has 0 radical (unpaired) electrons. The number of hydrogen-bond acceptors (Lipinski definition) is 5. The van der Waals surface area contributed by atoms with Crippen molar-refractivity contribution in [3.63, 3.8) is 0 Å². The van der Waals surface area contributed by atoms with Crippen LogP contribution in [0.1, 0.15) is 15.9 Å². The summed E-state index contributed by atoms with van der Waals surface area (Å²) in [7, 11) is 3.10. The first kappa shape index (κ1) is 16.3. The lowest BCUT2D eigenvalue weighted by Gasteiger charge is -2.07. The molecular weight excluding hydrogens is 296 g/mol. The van der Waals surface area contributed by atoms with Crippen molar-refractivity contribution < 1.29 is 23.8 Å². The zero-order valence-corrected chi connectivity index (χ0v) is 12.8. The monoisotopic (exact) mass is 312 g/mol. The molecule has 5 heteroatoms. The first-order chi connectivity index (χ1) is 11.2. The van der Waals surface area contributed by atoms with E-state index in [9.17, 15) is 9.59 Å². The van der Waals surface area contributed by atoms with E-state index in [0.717, 1.165) is 11.8 Å². The van der Waals surface area contributed by atoms with Crippen molar-refractivity contribution in [1.29, 1.82) is 0 Å². The SMILES string of the molecule is COc1ccc(/C=C/C(=O)Oc2ccc(C=O)cc2)cc1OC. The number of carbonyl (C=O) groups is 2. The number of ether oxygens (including phenoxy) is 3. The molecule has 0 heterocycles. The summed E-state index contributed by atoms with van der Waals surface area (Å²) in [5.41, 5.74) is 1.29. The van der Waals surface area contributed by atoms with E-state index in [2.05, 4.69) is 0 Å². The normalized spacial score (nSPS) is 10.3. The third kappa shape index (κ3) is 4.44. The van der Waals surface area contributed by atoms with E-state index in [1.165, 1.54) is 6.08 Å². The highest BCUT2D eigenvalue weighted by molar-refractivity contribution is 5.89. The van der Waals surface area contributed by atoms with Crippen LogP contribution in [0.15, 0.2) is 48.5 Å². The number of hydrogen-bond donors (Lipinski definition) is 0. The molecule has 0 N–H and O–H groups in total. The molecule has 2 rings (SSSR count). The Morgan fingerprint density at radius 2 is 1.57 bits per heavy atom. The second-order valence-corrected chi connectivity index (χ2v) is 4.56. The van der Waals surface area contributed by atoms with Crippen molar-refractivity contribution in [1.82, 2.24) is 0 Å². The second-order valence-electron chi connectivity index (χ2n) is 4.56. The van der Waals surface area contributed by atoms with Crippen molar-refractivity contribution >= 4 is 18.3 Å². The summed E-state index contributed by atoms with van der Waals surface area (Å²) in [6, 6.07) is 11.6. The van der Waals surface area contributed by atoms with Gasteiger partial charge < -0.3 is 14.2 Å². The van der Waals surface area contributed by atoms with Crippen LogP contribution in [0.2, 0.25) is 0 Å². The fourth-order valence-corrected chi connectivity index (χ4v) is 1.89. The fraction of sp³-hybridized carbons (Fsp3) is 0.111. The van der Waals surface area contributed by atoms with Gasteiger partial charge in [0.25, 0.3) is 0 Å². The Hall–Kier alpha value is -3.08. The summed E-state index contributed by atoms with van der Waals surface area (Å²) in [6.07, 6.45) is 3.65. The van der Waals surface area contributed by atoms with E-state index in [4.69, 9.17) is 14.2 Å². The molecule has 2 aromatic rings. The van der Waals surface area contributed by atoms with Crippen molar-refractivity contribution in [3.8, 4) is 17.2 Å². The largest absolute Gasteiger partial charge is 0.493 e.